The van der Waals surface area contributed by atoms with E-state index in [2.05, 4.69) is 41.6 Å². The molecule has 0 saturated carbocycles. The third-order valence-corrected chi connectivity index (χ3v) is 5.83. The largest absolute Gasteiger partial charge is 0.355 e. The first-order chi connectivity index (χ1) is 13.3. The Kier molecular flexibility index (Phi) is 6.36. The van der Waals surface area contributed by atoms with Gasteiger partial charge in [-0.05, 0) is 39.3 Å². The van der Waals surface area contributed by atoms with Gasteiger partial charge >= 0.3 is 0 Å². The van der Waals surface area contributed by atoms with Crippen LogP contribution in [-0.2, 0) is 4.79 Å². The van der Waals surface area contributed by atoms with Crippen molar-refractivity contribution in [1.29, 1.82) is 0 Å². The van der Waals surface area contributed by atoms with Crippen LogP contribution in [0, 0.1) is 0 Å². The molecule has 7 heteroatoms. The first-order valence-electron chi connectivity index (χ1n) is 9.05. The van der Waals surface area contributed by atoms with E-state index in [4.69, 9.17) is 0 Å². The molecule has 0 aliphatic carbocycles. The van der Waals surface area contributed by atoms with Gasteiger partial charge in [-0.1, -0.05) is 71.6 Å². The van der Waals surface area contributed by atoms with Crippen LogP contribution in [0.25, 0.3) is 11.1 Å². The molecule has 0 aliphatic rings. The maximum Gasteiger partial charge on any atom is 0.237 e. The summed E-state index contributed by atoms with van der Waals surface area (Å²) in [6, 6.07) is 17.9. The predicted molar refractivity (Wildman–Crippen MR) is 119 cm³/mol. The summed E-state index contributed by atoms with van der Waals surface area (Å²) in [7, 11) is 0. The fourth-order valence-corrected chi connectivity index (χ4v) is 4.63. The quantitative estimate of drug-likeness (QED) is 0.521. The van der Waals surface area contributed by atoms with Crippen molar-refractivity contribution in [2.24, 2.45) is 0 Å². The highest BCUT2D eigenvalue weighted by molar-refractivity contribution is 8.02. The highest BCUT2D eigenvalue weighted by Crippen LogP contribution is 2.32. The number of thioether (sulfide) groups is 1. The van der Waals surface area contributed by atoms with Crippen molar-refractivity contribution in [3.63, 3.8) is 0 Å². The Bertz CT molecular complexity index is 935. The van der Waals surface area contributed by atoms with Gasteiger partial charge in [0.05, 0.1) is 5.25 Å². The fourth-order valence-electron chi connectivity index (χ4n) is 2.53. The van der Waals surface area contributed by atoms with Crippen LogP contribution in [0.4, 0.5) is 10.8 Å². The molecule has 2 aromatic carbocycles. The number of anilines is 2. The summed E-state index contributed by atoms with van der Waals surface area (Å²) < 4.78 is 0.769. The maximum absolute atomic E-state index is 12.7. The molecule has 5 nitrogen and oxygen atoms in total. The lowest BCUT2D eigenvalue weighted by atomic mass is 10.0. The lowest BCUT2D eigenvalue weighted by Crippen LogP contribution is -2.25. The third kappa shape index (κ3) is 5.56. The molecule has 0 saturated heterocycles. The molecule has 3 aromatic rings. The molecule has 0 radical (unpaired) electrons. The minimum atomic E-state index is -0.292. The Morgan fingerprint density at radius 3 is 2.43 bits per heavy atom. The van der Waals surface area contributed by atoms with Crippen LogP contribution < -0.4 is 10.6 Å². The van der Waals surface area contributed by atoms with Crippen LogP contribution in [0.1, 0.15) is 27.7 Å². The number of nitrogens with one attached hydrogen (secondary N) is 2. The van der Waals surface area contributed by atoms with E-state index in [-0.39, 0.29) is 16.7 Å². The second-order valence-electron chi connectivity index (χ2n) is 7.41. The van der Waals surface area contributed by atoms with Gasteiger partial charge in [-0.15, -0.1) is 10.2 Å². The number of rotatable bonds is 6. The molecule has 28 heavy (non-hydrogen) atoms. The Balaban J connectivity index is 1.67. The van der Waals surface area contributed by atoms with Crippen LogP contribution in [-0.4, -0.2) is 26.9 Å². The average Bonchev–Trinajstić information content (AvgIpc) is 3.07. The Labute approximate surface area is 174 Å². The van der Waals surface area contributed by atoms with Crippen molar-refractivity contribution in [1.82, 2.24) is 10.2 Å². The van der Waals surface area contributed by atoms with E-state index < -0.39 is 0 Å². The number of amides is 1. The molecule has 1 unspecified atom stereocenters. The van der Waals surface area contributed by atoms with E-state index in [0.717, 1.165) is 26.3 Å². The van der Waals surface area contributed by atoms with Crippen LogP contribution in [0.5, 0.6) is 0 Å². The predicted octanol–water partition coefficient (Wildman–Crippen LogP) is 5.53. The number of carbonyl (C=O) groups excluding carboxylic acids is 1. The summed E-state index contributed by atoms with van der Waals surface area (Å²) in [5, 5.41) is 15.2. The minimum absolute atomic E-state index is 0.0612. The second kappa shape index (κ2) is 8.75. The highest BCUT2D eigenvalue weighted by atomic mass is 32.2. The minimum Gasteiger partial charge on any atom is -0.355 e. The summed E-state index contributed by atoms with van der Waals surface area (Å²) in [6.45, 7) is 8.09. The molecular weight excluding hydrogens is 388 g/mol. The van der Waals surface area contributed by atoms with Crippen LogP contribution in [0.2, 0.25) is 0 Å². The van der Waals surface area contributed by atoms with Crippen molar-refractivity contribution in [2.75, 3.05) is 10.6 Å². The van der Waals surface area contributed by atoms with Gasteiger partial charge in [0.2, 0.25) is 11.0 Å². The van der Waals surface area contributed by atoms with Crippen LogP contribution >= 0.6 is 23.1 Å². The first kappa shape index (κ1) is 20.4. The molecule has 1 heterocycles. The van der Waals surface area contributed by atoms with Gasteiger partial charge in [0.25, 0.3) is 0 Å². The molecule has 1 amide bonds. The Hall–Kier alpha value is -2.38. The van der Waals surface area contributed by atoms with E-state index in [1.165, 1.54) is 23.1 Å². The topological polar surface area (TPSA) is 66.9 Å². The number of carbonyl (C=O) groups is 1. The van der Waals surface area contributed by atoms with E-state index in [1.54, 1.807) is 0 Å². The molecule has 2 N–H and O–H groups in total. The maximum atomic E-state index is 12.7. The summed E-state index contributed by atoms with van der Waals surface area (Å²) in [6.07, 6.45) is 0. The number of aromatic nitrogens is 2. The number of hydrogen-bond donors (Lipinski definition) is 2. The van der Waals surface area contributed by atoms with Crippen molar-refractivity contribution in [2.45, 2.75) is 42.8 Å². The molecular formula is C21H24N4OS2. The van der Waals surface area contributed by atoms with Gasteiger partial charge in [0, 0.05) is 16.8 Å². The lowest BCUT2D eigenvalue weighted by Gasteiger charge is -2.18. The van der Waals surface area contributed by atoms with Crippen molar-refractivity contribution in [3.8, 4) is 11.1 Å². The van der Waals surface area contributed by atoms with Gasteiger partial charge in [0.1, 0.15) is 0 Å². The standard InChI is InChI=1S/C21H24N4OS2/c1-14(27-20-25-24-19(28-20)23-21(2,3)4)18(26)22-17-13-9-8-12-16(17)15-10-6-5-7-11-15/h5-14H,1-4H3,(H,22,26)(H,23,24). The molecule has 1 atom stereocenters. The molecule has 0 aliphatic heterocycles. The second-order valence-corrected chi connectivity index (χ2v) is 9.97. The molecule has 146 valence electrons. The number of benzene rings is 2. The zero-order valence-electron chi connectivity index (χ0n) is 16.4. The van der Waals surface area contributed by atoms with Crippen LogP contribution in [0.3, 0.4) is 0 Å². The van der Waals surface area contributed by atoms with Crippen molar-refractivity contribution < 1.29 is 4.79 Å². The zero-order chi connectivity index (χ0) is 20.1. The summed E-state index contributed by atoms with van der Waals surface area (Å²) in [5.74, 6) is -0.0612. The zero-order valence-corrected chi connectivity index (χ0v) is 18.0. The van der Waals surface area contributed by atoms with Gasteiger partial charge in [-0.2, -0.15) is 0 Å². The summed E-state index contributed by atoms with van der Waals surface area (Å²) in [4.78, 5) is 12.7. The monoisotopic (exact) mass is 412 g/mol. The summed E-state index contributed by atoms with van der Waals surface area (Å²) in [5.41, 5.74) is 2.80. The van der Waals surface area contributed by atoms with E-state index in [1.807, 2.05) is 61.5 Å². The van der Waals surface area contributed by atoms with Crippen LogP contribution in [0.15, 0.2) is 58.9 Å². The third-order valence-electron chi connectivity index (χ3n) is 3.80. The normalized spacial score (nSPS) is 12.4. The van der Waals surface area contributed by atoms with Gasteiger partial charge < -0.3 is 10.6 Å². The van der Waals surface area contributed by atoms with Crippen molar-refractivity contribution >= 4 is 39.8 Å². The number of hydrogen-bond acceptors (Lipinski definition) is 6. The average molecular weight is 413 g/mol. The van der Waals surface area contributed by atoms with Gasteiger partial charge in [0.15, 0.2) is 4.34 Å². The SMILES string of the molecule is CC(Sc1nnc(NC(C)(C)C)s1)C(=O)Nc1ccccc1-c1ccccc1. The molecule has 1 aromatic heterocycles. The van der Waals surface area contributed by atoms with Gasteiger partial charge in [-0.3, -0.25) is 4.79 Å². The van der Waals surface area contributed by atoms with Gasteiger partial charge in [-0.25, -0.2) is 0 Å². The fraction of sp³-hybridized carbons (Fsp3) is 0.286. The molecule has 0 spiro atoms. The smallest absolute Gasteiger partial charge is 0.237 e. The lowest BCUT2D eigenvalue weighted by molar-refractivity contribution is -0.115. The number of nitrogens with zero attached hydrogens (tertiary/aromatic N) is 2. The van der Waals surface area contributed by atoms with Crippen molar-refractivity contribution in [3.05, 3.63) is 54.6 Å². The molecule has 3 rings (SSSR count). The summed E-state index contributed by atoms with van der Waals surface area (Å²) >= 11 is 2.87. The highest BCUT2D eigenvalue weighted by Gasteiger charge is 2.19. The van der Waals surface area contributed by atoms with E-state index >= 15 is 0 Å². The van der Waals surface area contributed by atoms with E-state index in [0.29, 0.717) is 0 Å². The molecule has 0 bridgehead atoms. The number of para-hydroxylation sites is 1. The Morgan fingerprint density at radius 1 is 1.04 bits per heavy atom. The first-order valence-corrected chi connectivity index (χ1v) is 10.7. The molecule has 0 fully saturated rings. The Morgan fingerprint density at radius 2 is 1.71 bits per heavy atom. The van der Waals surface area contributed by atoms with E-state index in [9.17, 15) is 4.79 Å².